The molecule has 0 nitrogen and oxygen atoms in total. The van der Waals surface area contributed by atoms with Crippen LogP contribution in [-0.4, -0.2) is 19.3 Å². The molecule has 1 aromatic carbocycles. The fraction of sp³-hybridized carbons (Fsp3) is 0.400. The van der Waals surface area contributed by atoms with E-state index in [9.17, 15) is 5.78 Å². The Kier molecular flexibility index (Phi) is 2.99. The van der Waals surface area contributed by atoms with Crippen molar-refractivity contribution in [3.63, 3.8) is 0 Å². The first-order valence-corrected chi connectivity index (χ1v) is 9.33. The maximum absolute atomic E-state index is 13.3. The normalized spacial score (nSPS) is 13.1. The molecule has 0 saturated heterocycles. The quantitative estimate of drug-likeness (QED) is 0.700. The second-order valence-electron chi connectivity index (χ2n) is 3.45. The van der Waals surface area contributed by atoms with Gasteiger partial charge in [0.2, 0.25) is 0 Å². The average Bonchev–Trinajstić information content (AvgIpc) is 1.78. The molecule has 0 bridgehead atoms. The Morgan fingerprint density at radius 3 is 1.69 bits per heavy atom. The summed E-state index contributed by atoms with van der Waals surface area (Å²) in [4.78, 5) is 1.13. The molecule has 0 fully saturated rings. The van der Waals surface area contributed by atoms with Crippen LogP contribution in [0.25, 0.3) is 0 Å². The average molecular weight is 300 g/mol. The Balaban J connectivity index is 3.38. The second-order valence-corrected chi connectivity index (χ2v) is 8.76. The Morgan fingerprint density at radius 1 is 1.00 bits per heavy atom. The molecular formula is C10H14F2Te. The molecule has 74 valence electrons. The molecule has 0 heterocycles. The van der Waals surface area contributed by atoms with Crippen molar-refractivity contribution in [1.82, 2.24) is 0 Å². The molecule has 0 radical (unpaired) electrons. The van der Waals surface area contributed by atoms with E-state index in [-0.39, 0.29) is 0 Å². The third-order valence-corrected chi connectivity index (χ3v) is 5.85. The molecule has 0 amide bonds. The summed E-state index contributed by atoms with van der Waals surface area (Å²) in [7, 11) is 0. The van der Waals surface area contributed by atoms with Crippen LogP contribution in [0, 0.1) is 20.8 Å². The summed E-state index contributed by atoms with van der Waals surface area (Å²) in [6.45, 7) is 5.49. The van der Waals surface area contributed by atoms with Crippen molar-refractivity contribution < 1.29 is 5.78 Å². The van der Waals surface area contributed by atoms with E-state index in [2.05, 4.69) is 0 Å². The molecule has 0 aliphatic carbocycles. The first kappa shape index (κ1) is 10.9. The van der Waals surface area contributed by atoms with Crippen LogP contribution in [0.4, 0.5) is 5.78 Å². The van der Waals surface area contributed by atoms with Gasteiger partial charge in [-0.3, -0.25) is 0 Å². The van der Waals surface area contributed by atoms with Crippen molar-refractivity contribution in [1.29, 1.82) is 0 Å². The molecule has 1 rings (SSSR count). The van der Waals surface area contributed by atoms with Crippen molar-refractivity contribution in [2.24, 2.45) is 0 Å². The van der Waals surface area contributed by atoms with Gasteiger partial charge in [0.1, 0.15) is 0 Å². The number of hydrogen-bond acceptors (Lipinski definition) is 0. The molecule has 0 saturated carbocycles. The zero-order valence-electron chi connectivity index (χ0n) is 8.32. The predicted octanol–water partition coefficient (Wildman–Crippen LogP) is 2.83. The first-order chi connectivity index (χ1) is 5.82. The SMILES string of the molecule is Cc1cc(C)c([Te](C)(F)F)c(C)c1. The standard InChI is InChI=1S/C10H14F2Te/c1-7-5-8(2)10(9(3)6-7)13(4,11)12/h5-6H,1-4H3. The van der Waals surface area contributed by atoms with Gasteiger partial charge in [-0.1, -0.05) is 0 Å². The number of benzene rings is 1. The molecule has 0 atom stereocenters. The Morgan fingerprint density at radius 2 is 1.38 bits per heavy atom. The molecular weight excluding hydrogens is 286 g/mol. The van der Waals surface area contributed by atoms with Gasteiger partial charge in [0.15, 0.2) is 0 Å². The first-order valence-electron chi connectivity index (χ1n) is 4.08. The summed E-state index contributed by atoms with van der Waals surface area (Å²) >= 11 is -4.66. The number of hydrogen-bond donors (Lipinski definition) is 0. The minimum absolute atomic E-state index is 0.355. The van der Waals surface area contributed by atoms with Crippen LogP contribution in [0.3, 0.4) is 0 Å². The molecule has 0 unspecified atom stereocenters. The third-order valence-electron chi connectivity index (χ3n) is 1.96. The zero-order valence-corrected chi connectivity index (χ0v) is 10.6. The van der Waals surface area contributed by atoms with E-state index >= 15 is 0 Å². The van der Waals surface area contributed by atoms with Gasteiger partial charge in [-0.15, -0.1) is 0 Å². The summed E-state index contributed by atoms with van der Waals surface area (Å²) in [6.07, 6.45) is 0. The summed E-state index contributed by atoms with van der Waals surface area (Å²) in [5, 5.41) is 0. The van der Waals surface area contributed by atoms with Gasteiger partial charge in [0, 0.05) is 0 Å². The van der Waals surface area contributed by atoms with Gasteiger partial charge in [-0.05, 0) is 0 Å². The van der Waals surface area contributed by atoms with Crippen molar-refractivity contribution in [2.45, 2.75) is 25.7 Å². The molecule has 3 heteroatoms. The van der Waals surface area contributed by atoms with Crippen molar-refractivity contribution >= 4 is 22.9 Å². The fourth-order valence-electron chi connectivity index (χ4n) is 1.73. The number of rotatable bonds is 1. The van der Waals surface area contributed by atoms with E-state index in [1.54, 1.807) is 13.8 Å². The maximum atomic E-state index is 13.3. The van der Waals surface area contributed by atoms with Crippen LogP contribution in [0.1, 0.15) is 16.7 Å². The van der Waals surface area contributed by atoms with Gasteiger partial charge in [-0.25, -0.2) is 0 Å². The fourth-order valence-corrected chi connectivity index (χ4v) is 5.30. The topological polar surface area (TPSA) is 0 Å². The Hall–Kier alpha value is -0.130. The van der Waals surface area contributed by atoms with Crippen LogP contribution in [0.5, 0.6) is 0 Å². The van der Waals surface area contributed by atoms with Crippen LogP contribution in [-0.2, 0) is 0 Å². The second kappa shape index (κ2) is 3.55. The van der Waals surface area contributed by atoms with Crippen LogP contribution in [0.2, 0.25) is 4.97 Å². The van der Waals surface area contributed by atoms with E-state index in [1.165, 1.54) is 0 Å². The summed E-state index contributed by atoms with van der Waals surface area (Å²) < 4.78 is 27.0. The van der Waals surface area contributed by atoms with Gasteiger partial charge in [0.05, 0.1) is 0 Å². The summed E-state index contributed by atoms with van der Waals surface area (Å²) in [5.41, 5.74) is 2.57. The summed E-state index contributed by atoms with van der Waals surface area (Å²) in [5.74, 6) is 0. The Bertz CT molecular complexity index is 303. The number of aryl methyl sites for hydroxylation is 3. The van der Waals surface area contributed by atoms with E-state index in [0.717, 1.165) is 21.7 Å². The van der Waals surface area contributed by atoms with Crippen LogP contribution in [0.15, 0.2) is 12.1 Å². The van der Waals surface area contributed by atoms with Gasteiger partial charge in [-0.2, -0.15) is 0 Å². The minimum atomic E-state index is -4.66. The Labute approximate surface area is 83.3 Å². The molecule has 0 aliphatic rings. The number of halogens is 2. The van der Waals surface area contributed by atoms with Crippen LogP contribution >= 0.6 is 0 Å². The molecule has 0 N–H and O–H groups in total. The van der Waals surface area contributed by atoms with Gasteiger partial charge in [0.25, 0.3) is 0 Å². The molecule has 13 heavy (non-hydrogen) atoms. The van der Waals surface area contributed by atoms with Gasteiger partial charge < -0.3 is 0 Å². The molecule has 1 aromatic rings. The van der Waals surface area contributed by atoms with E-state index in [0.29, 0.717) is 3.61 Å². The van der Waals surface area contributed by atoms with Crippen LogP contribution < -0.4 is 3.61 Å². The monoisotopic (exact) mass is 302 g/mol. The predicted molar refractivity (Wildman–Crippen MR) is 54.1 cm³/mol. The zero-order chi connectivity index (χ0) is 10.2. The van der Waals surface area contributed by atoms with E-state index in [1.807, 2.05) is 19.1 Å². The molecule has 0 aliphatic heterocycles. The summed E-state index contributed by atoms with van der Waals surface area (Å²) in [6, 6.07) is 3.68. The van der Waals surface area contributed by atoms with Crippen molar-refractivity contribution in [2.75, 3.05) is 0 Å². The molecule has 0 spiro atoms. The van der Waals surface area contributed by atoms with E-state index < -0.39 is 19.3 Å². The third kappa shape index (κ3) is 2.42. The van der Waals surface area contributed by atoms with E-state index in [4.69, 9.17) is 0 Å². The molecule has 0 aromatic heterocycles. The van der Waals surface area contributed by atoms with Gasteiger partial charge >= 0.3 is 83.3 Å². The van der Waals surface area contributed by atoms with Crippen molar-refractivity contribution in [3.8, 4) is 0 Å². The van der Waals surface area contributed by atoms with Crippen molar-refractivity contribution in [3.05, 3.63) is 28.8 Å².